The third kappa shape index (κ3) is 1.16. The molecule has 130 valence electrons. The van der Waals surface area contributed by atoms with Crippen LogP contribution in [0.5, 0.6) is 0 Å². The Kier molecular flexibility index (Phi) is 2.15. The van der Waals surface area contributed by atoms with Gasteiger partial charge in [-0.15, -0.1) is 11.8 Å². The van der Waals surface area contributed by atoms with Gasteiger partial charge in [-0.2, -0.15) is 0 Å². The number of rotatable bonds is 2. The number of benzene rings is 1. The largest absolute Gasteiger partial charge is 0.299 e. The average molecular weight is 360 g/mol. The predicted octanol–water partition coefficient (Wildman–Crippen LogP) is 3.33. The number of carbonyl (C=O) groups excluding carboxylic acids is 2. The van der Waals surface area contributed by atoms with E-state index in [0.717, 1.165) is 0 Å². The van der Waals surface area contributed by atoms with Crippen molar-refractivity contribution in [2.45, 2.75) is 10.1 Å². The van der Waals surface area contributed by atoms with E-state index in [1.807, 2.05) is 17.8 Å². The Morgan fingerprint density at radius 2 is 1.15 bits per heavy atom. The molecule has 1 aromatic carbocycles. The van der Waals surface area contributed by atoms with Crippen molar-refractivity contribution in [2.75, 3.05) is 0 Å². The van der Waals surface area contributed by atoms with Crippen molar-refractivity contribution in [3.05, 3.63) is 42.5 Å². The third-order valence-electron chi connectivity index (χ3n) is 9.64. The van der Waals surface area contributed by atoms with Crippen molar-refractivity contribution in [2.24, 2.45) is 71.0 Å². The molecule has 7 aliphatic carbocycles. The van der Waals surface area contributed by atoms with Crippen LogP contribution in [-0.4, -0.2) is 16.8 Å². The molecule has 7 aliphatic rings. The van der Waals surface area contributed by atoms with Gasteiger partial charge in [-0.3, -0.25) is 9.59 Å². The van der Waals surface area contributed by atoms with Crippen molar-refractivity contribution < 1.29 is 9.59 Å². The van der Waals surface area contributed by atoms with Crippen molar-refractivity contribution in [1.29, 1.82) is 0 Å². The minimum Gasteiger partial charge on any atom is -0.299 e. The van der Waals surface area contributed by atoms with Crippen LogP contribution in [0.15, 0.2) is 47.4 Å². The number of hydrogen-bond donors (Lipinski definition) is 0. The maximum Gasteiger partial charge on any atom is 0.141 e. The molecule has 0 N–H and O–H groups in total. The normalized spacial score (nSPS) is 60.8. The van der Waals surface area contributed by atoms with E-state index < -0.39 is 0 Å². The Hall–Kier alpha value is -1.35. The fraction of sp³-hybridized carbons (Fsp3) is 0.565. The Morgan fingerprint density at radius 3 is 1.73 bits per heavy atom. The molecule has 0 aliphatic heterocycles. The summed E-state index contributed by atoms with van der Waals surface area (Å²) < 4.78 is 0. The zero-order valence-electron chi connectivity index (χ0n) is 14.3. The standard InChI is InChI=1S/C23H20O2S/c24-21-12-9-6-7-10-11(9)14-15(12)17-18-16(14)13(10)22(25)20(18)23(19(17)21)26-8-4-2-1-3-5-8/h1-7,9-20,23H/t9-,10+,11?,12-,13-,14?,15-,16+,17-,18-,19+,20-,23?/m1/s1. The van der Waals surface area contributed by atoms with Gasteiger partial charge in [0.25, 0.3) is 0 Å². The van der Waals surface area contributed by atoms with E-state index in [-0.39, 0.29) is 17.1 Å². The van der Waals surface area contributed by atoms with Crippen molar-refractivity contribution in [3.8, 4) is 0 Å². The number of Topliss-reactive ketones (excluding diaryl/α,β-unsaturated/α-hetero) is 2. The van der Waals surface area contributed by atoms with Gasteiger partial charge in [-0.1, -0.05) is 30.4 Å². The van der Waals surface area contributed by atoms with Gasteiger partial charge in [0.2, 0.25) is 0 Å². The lowest BCUT2D eigenvalue weighted by molar-refractivity contribution is -0.127. The van der Waals surface area contributed by atoms with Crippen molar-refractivity contribution in [3.63, 3.8) is 0 Å². The van der Waals surface area contributed by atoms with Crippen LogP contribution in [0.2, 0.25) is 0 Å². The molecule has 0 saturated heterocycles. The highest BCUT2D eigenvalue weighted by atomic mass is 32.2. The molecule has 0 radical (unpaired) electrons. The SMILES string of the molecule is O=C1[C@H]2[C@H]3C4C5[C@@H](C=C[C@@H]52)[C@H]2C(=O)[C@H]5C(Sc6ccccc6)[C@@H]1[C@H]3[C@H]5[C@@H]42. The maximum atomic E-state index is 13.6. The van der Waals surface area contributed by atoms with E-state index in [2.05, 4.69) is 36.4 Å². The molecule has 1 aromatic rings. The molecule has 0 spiro atoms. The first-order valence-corrected chi connectivity index (χ1v) is 11.1. The molecule has 6 fully saturated rings. The summed E-state index contributed by atoms with van der Waals surface area (Å²) in [5.74, 6) is 6.51. The highest BCUT2D eigenvalue weighted by Crippen LogP contribution is 2.83. The molecule has 6 saturated carbocycles. The van der Waals surface area contributed by atoms with E-state index >= 15 is 0 Å². The zero-order chi connectivity index (χ0) is 16.9. The molecular formula is C23H20O2S. The van der Waals surface area contributed by atoms with Gasteiger partial charge in [0.15, 0.2) is 0 Å². The summed E-state index contributed by atoms with van der Waals surface area (Å²) >= 11 is 1.84. The van der Waals surface area contributed by atoms with Gasteiger partial charge in [0.05, 0.1) is 0 Å². The zero-order valence-corrected chi connectivity index (χ0v) is 15.1. The first-order chi connectivity index (χ1) is 12.8. The van der Waals surface area contributed by atoms with Crippen LogP contribution in [0, 0.1) is 71.0 Å². The molecule has 8 rings (SSSR count). The molecule has 0 aromatic heterocycles. The summed E-state index contributed by atoms with van der Waals surface area (Å²) in [5.41, 5.74) is 0. The number of ketones is 2. The monoisotopic (exact) mass is 360 g/mol. The molecule has 2 nitrogen and oxygen atoms in total. The van der Waals surface area contributed by atoms with E-state index in [1.54, 1.807) is 0 Å². The summed E-state index contributed by atoms with van der Waals surface area (Å²) in [6, 6.07) is 10.5. The minimum absolute atomic E-state index is 0.147. The van der Waals surface area contributed by atoms with Crippen LogP contribution in [0.3, 0.4) is 0 Å². The second-order valence-corrected chi connectivity index (χ2v) is 11.1. The predicted molar refractivity (Wildman–Crippen MR) is 97.1 cm³/mol. The summed E-state index contributed by atoms with van der Waals surface area (Å²) in [5, 5.41) is 0.197. The third-order valence-corrected chi connectivity index (χ3v) is 11.0. The van der Waals surface area contributed by atoms with Crippen LogP contribution in [0.4, 0.5) is 0 Å². The van der Waals surface area contributed by atoms with Crippen molar-refractivity contribution >= 4 is 23.3 Å². The molecule has 0 amide bonds. The van der Waals surface area contributed by atoms with Gasteiger partial charge >= 0.3 is 0 Å². The molecule has 26 heavy (non-hydrogen) atoms. The summed E-state index contributed by atoms with van der Waals surface area (Å²) in [6.07, 6.45) is 4.71. The number of thioether (sulfide) groups is 1. The van der Waals surface area contributed by atoms with Crippen LogP contribution in [0.25, 0.3) is 0 Å². The van der Waals surface area contributed by atoms with Gasteiger partial charge in [0.1, 0.15) is 11.6 Å². The lowest BCUT2D eigenvalue weighted by atomic mass is 9.79. The summed E-state index contributed by atoms with van der Waals surface area (Å²) in [6.45, 7) is 0. The van der Waals surface area contributed by atoms with E-state index in [4.69, 9.17) is 0 Å². The van der Waals surface area contributed by atoms with Gasteiger partial charge < -0.3 is 0 Å². The van der Waals surface area contributed by atoms with Crippen molar-refractivity contribution in [1.82, 2.24) is 0 Å². The minimum atomic E-state index is 0.147. The first kappa shape index (κ1) is 13.8. The average Bonchev–Trinajstić information content (AvgIpc) is 3.40. The quantitative estimate of drug-likeness (QED) is 0.759. The summed E-state index contributed by atoms with van der Waals surface area (Å²) in [7, 11) is 0. The molecule has 0 heterocycles. The number of carbonyl (C=O) groups is 2. The fourth-order valence-corrected chi connectivity index (χ4v) is 11.1. The van der Waals surface area contributed by atoms with E-state index in [9.17, 15) is 9.59 Å². The summed E-state index contributed by atoms with van der Waals surface area (Å²) in [4.78, 5) is 28.4. The second-order valence-electron chi connectivity index (χ2n) is 9.81. The molecular weight excluding hydrogens is 340 g/mol. The Morgan fingerprint density at radius 1 is 0.615 bits per heavy atom. The highest BCUT2D eigenvalue weighted by Gasteiger charge is 2.84. The molecule has 3 unspecified atom stereocenters. The highest BCUT2D eigenvalue weighted by molar-refractivity contribution is 8.00. The fourth-order valence-electron chi connectivity index (χ4n) is 9.60. The topological polar surface area (TPSA) is 34.1 Å². The number of allylic oxidation sites excluding steroid dienone is 2. The van der Waals surface area contributed by atoms with E-state index in [1.165, 1.54) is 4.90 Å². The Labute approximate surface area is 156 Å². The molecule has 0 bridgehead atoms. The second kappa shape index (κ2) is 4.06. The number of fused-ring (bicyclic) bond motifs is 2. The Bertz CT molecular complexity index is 869. The smallest absolute Gasteiger partial charge is 0.141 e. The Balaban J connectivity index is 1.33. The maximum absolute atomic E-state index is 13.6. The van der Waals surface area contributed by atoms with E-state index in [0.29, 0.717) is 70.7 Å². The van der Waals surface area contributed by atoms with Gasteiger partial charge in [0, 0.05) is 33.8 Å². The van der Waals surface area contributed by atoms with Crippen LogP contribution < -0.4 is 0 Å². The molecule has 3 heteroatoms. The number of hydrogen-bond acceptors (Lipinski definition) is 3. The molecule has 13 atom stereocenters. The van der Waals surface area contributed by atoms with Crippen LogP contribution >= 0.6 is 11.8 Å². The van der Waals surface area contributed by atoms with Gasteiger partial charge in [-0.05, 0) is 59.5 Å². The lowest BCUT2D eigenvalue weighted by Crippen LogP contribution is -2.35. The van der Waals surface area contributed by atoms with Crippen LogP contribution in [0.1, 0.15) is 0 Å². The van der Waals surface area contributed by atoms with Gasteiger partial charge in [-0.25, -0.2) is 0 Å². The van der Waals surface area contributed by atoms with Crippen LogP contribution in [-0.2, 0) is 9.59 Å². The lowest BCUT2D eigenvalue weighted by Gasteiger charge is -2.28. The first-order valence-electron chi connectivity index (χ1n) is 10.2.